The fraction of sp³-hybridized carbons (Fsp3) is 0.429. The molecule has 3 rings (SSSR count). The number of aromatic nitrogens is 1. The minimum absolute atomic E-state index is 0.0809. The lowest BCUT2D eigenvalue weighted by Gasteiger charge is -2.26. The predicted octanol–water partition coefficient (Wildman–Crippen LogP) is 3.92. The first kappa shape index (κ1) is 19.0. The lowest BCUT2D eigenvalue weighted by Crippen LogP contribution is -2.40. The van der Waals surface area contributed by atoms with E-state index in [2.05, 4.69) is 21.3 Å². The monoisotopic (exact) mass is 368 g/mol. The van der Waals surface area contributed by atoms with Crippen molar-refractivity contribution in [1.82, 2.24) is 14.8 Å². The largest absolute Gasteiger partial charge is 0.353 e. The SMILES string of the molecule is Cn1cccc1C1CCCN1C(=O)Nc1cccc(C(=O)NC(C)(C)C)c1. The first-order valence-electron chi connectivity index (χ1n) is 9.36. The average Bonchev–Trinajstić information content (AvgIpc) is 3.21. The lowest BCUT2D eigenvalue weighted by molar-refractivity contribution is 0.0919. The zero-order valence-electron chi connectivity index (χ0n) is 16.5. The maximum Gasteiger partial charge on any atom is 0.322 e. The summed E-state index contributed by atoms with van der Waals surface area (Å²) < 4.78 is 2.06. The number of rotatable bonds is 3. The third kappa shape index (κ3) is 4.51. The molecule has 0 saturated carbocycles. The van der Waals surface area contributed by atoms with Crippen molar-refractivity contribution in [2.75, 3.05) is 11.9 Å². The van der Waals surface area contributed by atoms with Gasteiger partial charge in [-0.05, 0) is 63.9 Å². The molecule has 3 amide bonds. The van der Waals surface area contributed by atoms with E-state index >= 15 is 0 Å². The van der Waals surface area contributed by atoms with Crippen molar-refractivity contribution in [3.8, 4) is 0 Å². The molecule has 0 bridgehead atoms. The van der Waals surface area contributed by atoms with Crippen molar-refractivity contribution in [3.05, 3.63) is 53.9 Å². The smallest absolute Gasteiger partial charge is 0.322 e. The zero-order valence-corrected chi connectivity index (χ0v) is 16.5. The zero-order chi connectivity index (χ0) is 19.6. The lowest BCUT2D eigenvalue weighted by atomic mass is 10.1. The number of nitrogens with zero attached hydrogens (tertiary/aromatic N) is 2. The second-order valence-electron chi connectivity index (χ2n) is 8.11. The number of likely N-dealkylation sites (tertiary alicyclic amines) is 1. The van der Waals surface area contributed by atoms with Crippen molar-refractivity contribution in [2.24, 2.45) is 7.05 Å². The Morgan fingerprint density at radius 3 is 2.59 bits per heavy atom. The summed E-state index contributed by atoms with van der Waals surface area (Å²) in [4.78, 5) is 27.1. The number of aryl methyl sites for hydroxylation is 1. The molecule has 1 unspecified atom stereocenters. The average molecular weight is 368 g/mol. The van der Waals surface area contributed by atoms with Crippen LogP contribution in [0.15, 0.2) is 42.6 Å². The van der Waals surface area contributed by atoms with Gasteiger partial charge in [0.25, 0.3) is 5.91 Å². The number of benzene rings is 1. The molecule has 2 N–H and O–H groups in total. The van der Waals surface area contributed by atoms with Gasteiger partial charge >= 0.3 is 6.03 Å². The maximum atomic E-state index is 12.8. The topological polar surface area (TPSA) is 66.4 Å². The van der Waals surface area contributed by atoms with Gasteiger partial charge in [-0.2, -0.15) is 0 Å². The van der Waals surface area contributed by atoms with E-state index in [1.54, 1.807) is 24.3 Å². The van der Waals surface area contributed by atoms with Crippen LogP contribution in [0.2, 0.25) is 0 Å². The molecule has 1 fully saturated rings. The molecule has 2 heterocycles. The van der Waals surface area contributed by atoms with E-state index in [0.717, 1.165) is 25.1 Å². The number of nitrogens with one attached hydrogen (secondary N) is 2. The number of hydrogen-bond donors (Lipinski definition) is 2. The van der Waals surface area contributed by atoms with Gasteiger partial charge in [0.15, 0.2) is 0 Å². The van der Waals surface area contributed by atoms with Crippen LogP contribution in [0.25, 0.3) is 0 Å². The minimum atomic E-state index is -0.311. The summed E-state index contributed by atoms with van der Waals surface area (Å²) in [5, 5.41) is 5.89. The number of amides is 3. The fourth-order valence-electron chi connectivity index (χ4n) is 3.48. The normalized spacial score (nSPS) is 17.0. The Bertz CT molecular complexity index is 835. The van der Waals surface area contributed by atoms with Gasteiger partial charge in [-0.15, -0.1) is 0 Å². The van der Waals surface area contributed by atoms with Crippen LogP contribution < -0.4 is 10.6 Å². The number of urea groups is 1. The number of anilines is 1. The van der Waals surface area contributed by atoms with Crippen LogP contribution in [-0.2, 0) is 7.05 Å². The summed E-state index contributed by atoms with van der Waals surface area (Å²) in [5.41, 5.74) is 1.98. The van der Waals surface area contributed by atoms with Gasteiger partial charge < -0.3 is 20.1 Å². The molecule has 1 aliphatic heterocycles. The molecular weight excluding hydrogens is 340 g/mol. The summed E-state index contributed by atoms with van der Waals surface area (Å²) in [6.07, 6.45) is 3.94. The predicted molar refractivity (Wildman–Crippen MR) is 107 cm³/mol. The van der Waals surface area contributed by atoms with E-state index in [1.165, 1.54) is 0 Å². The molecule has 1 saturated heterocycles. The van der Waals surface area contributed by atoms with E-state index < -0.39 is 0 Å². The fourth-order valence-corrected chi connectivity index (χ4v) is 3.48. The molecule has 6 nitrogen and oxygen atoms in total. The van der Waals surface area contributed by atoms with Crippen LogP contribution in [0.4, 0.5) is 10.5 Å². The second kappa shape index (κ2) is 7.47. The molecule has 0 radical (unpaired) electrons. The van der Waals surface area contributed by atoms with Crippen LogP contribution in [0.5, 0.6) is 0 Å². The van der Waals surface area contributed by atoms with E-state index in [9.17, 15) is 9.59 Å². The molecule has 6 heteroatoms. The highest BCUT2D eigenvalue weighted by Gasteiger charge is 2.31. The molecule has 144 valence electrons. The molecular formula is C21H28N4O2. The summed E-state index contributed by atoms with van der Waals surface area (Å²) in [6, 6.07) is 11.1. The Hall–Kier alpha value is -2.76. The summed E-state index contributed by atoms with van der Waals surface area (Å²) in [5.74, 6) is -0.151. The van der Waals surface area contributed by atoms with E-state index in [4.69, 9.17) is 0 Å². The van der Waals surface area contributed by atoms with Crippen molar-refractivity contribution in [2.45, 2.75) is 45.2 Å². The second-order valence-corrected chi connectivity index (χ2v) is 8.11. The molecule has 1 aliphatic rings. The van der Waals surface area contributed by atoms with Crippen molar-refractivity contribution >= 4 is 17.6 Å². The van der Waals surface area contributed by atoms with Crippen LogP contribution in [0, 0.1) is 0 Å². The van der Waals surface area contributed by atoms with Gasteiger partial charge in [0.05, 0.1) is 6.04 Å². The molecule has 1 atom stereocenters. The number of carbonyl (C=O) groups excluding carboxylic acids is 2. The van der Waals surface area contributed by atoms with Crippen molar-refractivity contribution < 1.29 is 9.59 Å². The van der Waals surface area contributed by atoms with E-state index in [-0.39, 0.29) is 23.5 Å². The van der Waals surface area contributed by atoms with Crippen LogP contribution in [-0.4, -0.2) is 33.5 Å². The van der Waals surface area contributed by atoms with Crippen LogP contribution >= 0.6 is 0 Å². The highest BCUT2D eigenvalue weighted by atomic mass is 16.2. The quantitative estimate of drug-likeness (QED) is 0.862. The van der Waals surface area contributed by atoms with Gasteiger partial charge in [0, 0.05) is 42.3 Å². The van der Waals surface area contributed by atoms with Gasteiger partial charge in [0.2, 0.25) is 0 Å². The van der Waals surface area contributed by atoms with Gasteiger partial charge in [-0.1, -0.05) is 6.07 Å². The first-order chi connectivity index (χ1) is 12.7. The third-order valence-electron chi connectivity index (χ3n) is 4.70. The van der Waals surface area contributed by atoms with Gasteiger partial charge in [-0.25, -0.2) is 4.79 Å². The molecule has 1 aromatic carbocycles. The summed E-state index contributed by atoms with van der Waals surface area (Å²) in [6.45, 7) is 6.54. The Balaban J connectivity index is 1.72. The minimum Gasteiger partial charge on any atom is -0.353 e. The van der Waals surface area contributed by atoms with Crippen LogP contribution in [0.1, 0.15) is 55.7 Å². The van der Waals surface area contributed by atoms with E-state index in [0.29, 0.717) is 11.3 Å². The number of hydrogen-bond acceptors (Lipinski definition) is 2. The highest BCUT2D eigenvalue weighted by Crippen LogP contribution is 2.32. The van der Waals surface area contributed by atoms with Crippen molar-refractivity contribution in [1.29, 1.82) is 0 Å². The van der Waals surface area contributed by atoms with Crippen molar-refractivity contribution in [3.63, 3.8) is 0 Å². The van der Waals surface area contributed by atoms with Gasteiger partial charge in [0.1, 0.15) is 0 Å². The standard InChI is InChI=1S/C21H28N4O2/c1-21(2,3)23-19(26)15-8-5-9-16(14-15)22-20(27)25-13-7-11-18(25)17-10-6-12-24(17)4/h5-6,8-10,12,14,18H,7,11,13H2,1-4H3,(H,22,27)(H,23,26). The Morgan fingerprint density at radius 1 is 1.15 bits per heavy atom. The third-order valence-corrected chi connectivity index (χ3v) is 4.70. The Morgan fingerprint density at radius 2 is 1.93 bits per heavy atom. The van der Waals surface area contributed by atoms with Gasteiger partial charge in [-0.3, -0.25) is 4.79 Å². The molecule has 27 heavy (non-hydrogen) atoms. The Labute approximate surface area is 160 Å². The number of carbonyl (C=O) groups is 2. The van der Waals surface area contributed by atoms with Crippen LogP contribution in [0.3, 0.4) is 0 Å². The first-order valence-corrected chi connectivity index (χ1v) is 9.36. The summed E-state index contributed by atoms with van der Waals surface area (Å²) >= 11 is 0. The van der Waals surface area contributed by atoms with E-state index in [1.807, 2.05) is 45.0 Å². The molecule has 0 aliphatic carbocycles. The highest BCUT2D eigenvalue weighted by molar-refractivity contribution is 5.97. The Kier molecular flexibility index (Phi) is 5.26. The molecule has 2 aromatic rings. The molecule has 1 aromatic heterocycles. The molecule has 0 spiro atoms. The summed E-state index contributed by atoms with van der Waals surface area (Å²) in [7, 11) is 2.00. The maximum absolute atomic E-state index is 12.8.